The number of ketones is 1. The van der Waals surface area contributed by atoms with Gasteiger partial charge in [0.15, 0.2) is 5.78 Å². The van der Waals surface area contributed by atoms with E-state index < -0.39 is 0 Å². The fraction of sp³-hybridized carbons (Fsp3) is 0.533. The van der Waals surface area contributed by atoms with Crippen LogP contribution < -0.4 is 10.5 Å². The average Bonchev–Trinajstić information content (AvgIpc) is 2.30. The third-order valence-electron chi connectivity index (χ3n) is 3.30. The molecule has 1 aromatic carbocycles. The molecule has 18 heavy (non-hydrogen) atoms. The van der Waals surface area contributed by atoms with Gasteiger partial charge < -0.3 is 10.5 Å². The van der Waals surface area contributed by atoms with Crippen LogP contribution >= 0.6 is 0 Å². The highest BCUT2D eigenvalue weighted by Crippen LogP contribution is 2.30. The molecular weight excluding hydrogens is 226 g/mol. The predicted octanol–water partition coefficient (Wildman–Crippen LogP) is 2.93. The van der Waals surface area contributed by atoms with Crippen LogP contribution in [-0.2, 0) is 0 Å². The molecule has 0 saturated carbocycles. The van der Waals surface area contributed by atoms with Crippen LogP contribution in [-0.4, -0.2) is 18.9 Å². The van der Waals surface area contributed by atoms with Crippen LogP contribution in [0.25, 0.3) is 0 Å². The molecule has 0 spiro atoms. The summed E-state index contributed by atoms with van der Waals surface area (Å²) in [6, 6.07) is 2.09. The van der Waals surface area contributed by atoms with Gasteiger partial charge in [-0.05, 0) is 50.8 Å². The molecule has 3 nitrogen and oxygen atoms in total. The number of rotatable bonds is 5. The molecule has 1 atom stereocenters. The van der Waals surface area contributed by atoms with Gasteiger partial charge >= 0.3 is 0 Å². The first kappa shape index (κ1) is 14.7. The molecule has 0 bridgehead atoms. The molecule has 0 aliphatic carbocycles. The van der Waals surface area contributed by atoms with Crippen molar-refractivity contribution in [1.29, 1.82) is 0 Å². The summed E-state index contributed by atoms with van der Waals surface area (Å²) in [5, 5.41) is 0. The quantitative estimate of drug-likeness (QED) is 0.816. The third-order valence-corrected chi connectivity index (χ3v) is 3.30. The summed E-state index contributed by atoms with van der Waals surface area (Å²) in [6.45, 7) is 7.88. The Bertz CT molecular complexity index is 450. The van der Waals surface area contributed by atoms with E-state index in [0.717, 1.165) is 16.7 Å². The number of carbonyl (C=O) groups excluding carboxylic acids is 1. The SMILES string of the molecule is COc1c(C)c(C)cc(C)c1C(=O)CCC(C)N. The maximum atomic E-state index is 12.3. The molecular formula is C15H23NO2. The Kier molecular flexibility index (Phi) is 4.91. The Balaban J connectivity index is 3.15. The highest BCUT2D eigenvalue weighted by molar-refractivity contribution is 6.00. The molecule has 0 aliphatic heterocycles. The largest absolute Gasteiger partial charge is 0.496 e. The Hall–Kier alpha value is -1.35. The minimum Gasteiger partial charge on any atom is -0.496 e. The summed E-state index contributed by atoms with van der Waals surface area (Å²) in [5.41, 5.74) is 9.56. The lowest BCUT2D eigenvalue weighted by atomic mass is 9.94. The highest BCUT2D eigenvalue weighted by atomic mass is 16.5. The molecule has 2 N–H and O–H groups in total. The standard InChI is InChI=1S/C15H23NO2/c1-9-8-10(2)14(15(18-5)12(9)4)13(17)7-6-11(3)16/h8,11H,6-7,16H2,1-5H3. The van der Waals surface area contributed by atoms with Crippen molar-refractivity contribution in [3.63, 3.8) is 0 Å². The van der Waals surface area contributed by atoms with Crippen molar-refractivity contribution >= 4 is 5.78 Å². The van der Waals surface area contributed by atoms with Crippen molar-refractivity contribution in [2.24, 2.45) is 5.73 Å². The first-order valence-corrected chi connectivity index (χ1v) is 6.32. The second-order valence-corrected chi connectivity index (χ2v) is 4.98. The van der Waals surface area contributed by atoms with Crippen LogP contribution in [0.4, 0.5) is 0 Å². The van der Waals surface area contributed by atoms with Crippen molar-refractivity contribution < 1.29 is 9.53 Å². The van der Waals surface area contributed by atoms with Crippen LogP contribution in [0.3, 0.4) is 0 Å². The molecule has 0 aliphatic rings. The van der Waals surface area contributed by atoms with Crippen molar-refractivity contribution in [2.75, 3.05) is 7.11 Å². The summed E-state index contributed by atoms with van der Waals surface area (Å²) >= 11 is 0. The smallest absolute Gasteiger partial charge is 0.166 e. The molecule has 0 aromatic heterocycles. The summed E-state index contributed by atoms with van der Waals surface area (Å²) in [6.07, 6.45) is 1.17. The zero-order valence-corrected chi connectivity index (χ0v) is 12.0. The number of nitrogens with two attached hydrogens (primary N) is 1. The Labute approximate surface area is 109 Å². The lowest BCUT2D eigenvalue weighted by molar-refractivity contribution is 0.0974. The van der Waals surface area contributed by atoms with Gasteiger partial charge in [-0.1, -0.05) is 6.07 Å². The number of benzene rings is 1. The highest BCUT2D eigenvalue weighted by Gasteiger charge is 2.18. The van der Waals surface area contributed by atoms with E-state index >= 15 is 0 Å². The minimum absolute atomic E-state index is 0.0480. The van der Waals surface area contributed by atoms with Crippen molar-refractivity contribution in [3.8, 4) is 5.75 Å². The molecule has 0 heterocycles. The van der Waals surface area contributed by atoms with Gasteiger partial charge in [0.1, 0.15) is 5.75 Å². The Morgan fingerprint density at radius 2 is 1.94 bits per heavy atom. The van der Waals surface area contributed by atoms with Crippen molar-refractivity contribution in [2.45, 2.75) is 46.6 Å². The number of hydrogen-bond donors (Lipinski definition) is 1. The first-order valence-electron chi connectivity index (χ1n) is 6.32. The lowest BCUT2D eigenvalue weighted by Crippen LogP contribution is -2.17. The van der Waals surface area contributed by atoms with Crippen LogP contribution in [0.2, 0.25) is 0 Å². The van der Waals surface area contributed by atoms with E-state index in [0.29, 0.717) is 24.2 Å². The monoisotopic (exact) mass is 249 g/mol. The summed E-state index contributed by atoms with van der Waals surface area (Å²) < 4.78 is 5.41. The number of aryl methyl sites for hydroxylation is 2. The van der Waals surface area contributed by atoms with Crippen LogP contribution in [0.5, 0.6) is 5.75 Å². The van der Waals surface area contributed by atoms with Gasteiger partial charge in [0, 0.05) is 12.5 Å². The van der Waals surface area contributed by atoms with Crippen molar-refractivity contribution in [3.05, 3.63) is 28.3 Å². The molecule has 0 radical (unpaired) electrons. The van der Waals surface area contributed by atoms with Crippen LogP contribution in [0.15, 0.2) is 6.07 Å². The van der Waals surface area contributed by atoms with E-state index in [1.807, 2.05) is 33.8 Å². The van der Waals surface area contributed by atoms with Gasteiger partial charge in [-0.15, -0.1) is 0 Å². The molecule has 0 amide bonds. The number of Topliss-reactive ketones (excluding diaryl/α,β-unsaturated/α-hetero) is 1. The summed E-state index contributed by atoms with van der Waals surface area (Å²) in [5.74, 6) is 0.826. The number of carbonyl (C=O) groups is 1. The molecule has 100 valence electrons. The van der Waals surface area contributed by atoms with Gasteiger partial charge in [-0.3, -0.25) is 4.79 Å². The number of ether oxygens (including phenoxy) is 1. The Morgan fingerprint density at radius 3 is 2.44 bits per heavy atom. The minimum atomic E-state index is 0.0480. The van der Waals surface area contributed by atoms with Gasteiger partial charge in [-0.2, -0.15) is 0 Å². The molecule has 1 unspecified atom stereocenters. The maximum absolute atomic E-state index is 12.3. The molecule has 1 rings (SSSR count). The number of methoxy groups -OCH3 is 1. The maximum Gasteiger partial charge on any atom is 0.166 e. The Morgan fingerprint density at radius 1 is 1.33 bits per heavy atom. The normalized spacial score (nSPS) is 12.3. The van der Waals surface area contributed by atoms with E-state index in [4.69, 9.17) is 10.5 Å². The number of hydrogen-bond acceptors (Lipinski definition) is 3. The first-order chi connectivity index (χ1) is 8.38. The van der Waals surface area contributed by atoms with Crippen LogP contribution in [0, 0.1) is 20.8 Å². The fourth-order valence-electron chi connectivity index (χ4n) is 2.14. The van der Waals surface area contributed by atoms with Crippen LogP contribution in [0.1, 0.15) is 46.8 Å². The predicted molar refractivity (Wildman–Crippen MR) is 74.4 cm³/mol. The van der Waals surface area contributed by atoms with Gasteiger partial charge in [0.25, 0.3) is 0 Å². The van der Waals surface area contributed by atoms with Gasteiger partial charge in [0.05, 0.1) is 12.7 Å². The van der Waals surface area contributed by atoms with Gasteiger partial charge in [0.2, 0.25) is 0 Å². The van der Waals surface area contributed by atoms with Crippen molar-refractivity contribution in [1.82, 2.24) is 0 Å². The molecule has 0 fully saturated rings. The molecule has 3 heteroatoms. The fourth-order valence-corrected chi connectivity index (χ4v) is 2.14. The lowest BCUT2D eigenvalue weighted by Gasteiger charge is -2.16. The second-order valence-electron chi connectivity index (χ2n) is 4.98. The molecule has 0 saturated heterocycles. The topological polar surface area (TPSA) is 52.3 Å². The third kappa shape index (κ3) is 3.10. The molecule has 1 aromatic rings. The average molecular weight is 249 g/mol. The van der Waals surface area contributed by atoms with E-state index in [9.17, 15) is 4.79 Å². The zero-order valence-electron chi connectivity index (χ0n) is 12.0. The van der Waals surface area contributed by atoms with E-state index in [-0.39, 0.29) is 11.8 Å². The second kappa shape index (κ2) is 6.01. The van der Waals surface area contributed by atoms with Gasteiger partial charge in [-0.25, -0.2) is 0 Å². The summed E-state index contributed by atoms with van der Waals surface area (Å²) in [7, 11) is 1.61. The van der Waals surface area contributed by atoms with E-state index in [2.05, 4.69) is 0 Å². The zero-order chi connectivity index (χ0) is 13.9. The summed E-state index contributed by atoms with van der Waals surface area (Å²) in [4.78, 5) is 12.3. The van der Waals surface area contributed by atoms with E-state index in [1.165, 1.54) is 0 Å². The van der Waals surface area contributed by atoms with E-state index in [1.54, 1.807) is 7.11 Å².